The third-order valence-electron chi connectivity index (χ3n) is 4.11. The number of hydrogen-bond acceptors (Lipinski definition) is 5. The van der Waals surface area contributed by atoms with Gasteiger partial charge in [-0.15, -0.1) is 0 Å². The van der Waals surface area contributed by atoms with Crippen LogP contribution in [0.3, 0.4) is 0 Å². The van der Waals surface area contributed by atoms with Crippen molar-refractivity contribution in [3.05, 3.63) is 64.9 Å². The molecule has 0 bridgehead atoms. The zero-order chi connectivity index (χ0) is 22.8. The number of benzene rings is 1. The predicted molar refractivity (Wildman–Crippen MR) is 112 cm³/mol. The van der Waals surface area contributed by atoms with E-state index >= 15 is 0 Å². The molecule has 2 heterocycles. The summed E-state index contributed by atoms with van der Waals surface area (Å²) in [4.78, 5) is 16.4. The second-order valence-electron chi connectivity index (χ2n) is 6.54. The lowest BCUT2D eigenvalue weighted by Gasteiger charge is -2.10. The summed E-state index contributed by atoms with van der Waals surface area (Å²) >= 11 is 6.00. The molecule has 164 valence electrons. The summed E-state index contributed by atoms with van der Waals surface area (Å²) in [7, 11) is -2.21. The molecule has 0 atom stereocenters. The van der Waals surface area contributed by atoms with Crippen LogP contribution in [0.5, 0.6) is 0 Å². The maximum atomic E-state index is 14.0. The molecule has 0 unspecified atom stereocenters. The molecule has 1 amide bonds. The summed E-state index contributed by atoms with van der Waals surface area (Å²) in [6.45, 7) is -0.556. The van der Waals surface area contributed by atoms with Crippen molar-refractivity contribution in [1.29, 1.82) is 0 Å². The van der Waals surface area contributed by atoms with Crippen molar-refractivity contribution in [3.63, 3.8) is 0 Å². The summed E-state index contributed by atoms with van der Waals surface area (Å²) in [6, 6.07) is 6.18. The smallest absolute Gasteiger partial charge is 0.257 e. The van der Waals surface area contributed by atoms with Gasteiger partial charge in [-0.25, -0.2) is 22.2 Å². The minimum absolute atomic E-state index is 0.0996. The van der Waals surface area contributed by atoms with Gasteiger partial charge in [-0.3, -0.25) is 9.52 Å². The molecule has 0 radical (unpaired) electrons. The van der Waals surface area contributed by atoms with E-state index in [1.165, 1.54) is 35.0 Å². The Kier molecular flexibility index (Phi) is 6.58. The summed E-state index contributed by atoms with van der Waals surface area (Å²) in [5, 5.41) is 11.6. The maximum absolute atomic E-state index is 14.0. The number of aliphatic hydroxyl groups is 1. The normalized spacial score (nSPS) is 11.4. The molecule has 0 aliphatic rings. The second-order valence-corrected chi connectivity index (χ2v) is 8.81. The van der Waals surface area contributed by atoms with Crippen molar-refractivity contribution < 1.29 is 27.1 Å². The molecule has 2 aromatic heterocycles. The van der Waals surface area contributed by atoms with Crippen LogP contribution in [-0.4, -0.2) is 41.3 Å². The number of nitrogens with one attached hydrogen (secondary N) is 2. The fourth-order valence-electron chi connectivity index (χ4n) is 2.80. The van der Waals surface area contributed by atoms with Crippen molar-refractivity contribution >= 4 is 38.9 Å². The third kappa shape index (κ3) is 5.57. The van der Waals surface area contributed by atoms with E-state index in [1.54, 1.807) is 7.05 Å². The highest BCUT2D eigenvalue weighted by atomic mass is 35.5. The monoisotopic (exact) mass is 470 g/mol. The van der Waals surface area contributed by atoms with Gasteiger partial charge in [0.1, 0.15) is 11.5 Å². The van der Waals surface area contributed by atoms with Crippen LogP contribution in [0.2, 0.25) is 5.02 Å². The average Bonchev–Trinajstić information content (AvgIpc) is 3.02. The Morgan fingerprint density at radius 2 is 1.90 bits per heavy atom. The molecule has 0 fully saturated rings. The first-order chi connectivity index (χ1) is 14.6. The molecule has 0 aliphatic heterocycles. The van der Waals surface area contributed by atoms with Gasteiger partial charge in [0, 0.05) is 30.0 Å². The lowest BCUT2D eigenvalue weighted by Crippen LogP contribution is -2.19. The van der Waals surface area contributed by atoms with E-state index in [9.17, 15) is 22.0 Å². The van der Waals surface area contributed by atoms with E-state index in [1.807, 2.05) is 0 Å². The topological polar surface area (TPSA) is 113 Å². The van der Waals surface area contributed by atoms with Crippen LogP contribution in [0, 0.1) is 11.6 Å². The lowest BCUT2D eigenvalue weighted by molar-refractivity contribution is 0.102. The third-order valence-corrected chi connectivity index (χ3v) is 5.59. The van der Waals surface area contributed by atoms with Crippen molar-refractivity contribution in [2.24, 2.45) is 7.05 Å². The molecule has 0 saturated carbocycles. The number of carbonyl (C=O) groups is 1. The molecule has 3 N–H and O–H groups in total. The molecule has 0 saturated heterocycles. The van der Waals surface area contributed by atoms with Crippen LogP contribution in [0.25, 0.3) is 11.4 Å². The summed E-state index contributed by atoms with van der Waals surface area (Å²) in [5.41, 5.74) is 0.598. The minimum atomic E-state index is -3.78. The van der Waals surface area contributed by atoms with Gasteiger partial charge in [-0.05, 0) is 24.3 Å². The molecule has 0 spiro atoms. The highest BCUT2D eigenvalue weighted by Gasteiger charge is 2.17. The number of sulfonamides is 1. The molecule has 3 aromatic rings. The first-order valence-corrected chi connectivity index (χ1v) is 10.8. The Balaban J connectivity index is 1.84. The van der Waals surface area contributed by atoms with Gasteiger partial charge in [0.05, 0.1) is 35.5 Å². The number of hydrogen-bond donors (Lipinski definition) is 3. The SMILES string of the molecule is Cn1cc(C(=O)Nc2cc(Cl)cc(NS(=O)(=O)CCO)c2)cc1-c1ncc(F)cc1F. The van der Waals surface area contributed by atoms with E-state index in [4.69, 9.17) is 16.7 Å². The molecule has 3 rings (SSSR count). The van der Waals surface area contributed by atoms with Crippen LogP contribution >= 0.6 is 11.6 Å². The highest BCUT2D eigenvalue weighted by Crippen LogP contribution is 2.26. The Hall–Kier alpha value is -3.02. The van der Waals surface area contributed by atoms with Crippen LogP contribution in [0.4, 0.5) is 20.2 Å². The zero-order valence-electron chi connectivity index (χ0n) is 16.1. The van der Waals surface area contributed by atoms with E-state index in [0.29, 0.717) is 6.07 Å². The van der Waals surface area contributed by atoms with Crippen LogP contribution < -0.4 is 10.0 Å². The van der Waals surface area contributed by atoms with E-state index in [2.05, 4.69) is 15.0 Å². The number of aromatic nitrogens is 2. The highest BCUT2D eigenvalue weighted by molar-refractivity contribution is 7.92. The Labute approximate surface area is 181 Å². The second kappa shape index (κ2) is 9.00. The number of nitrogens with zero attached hydrogens (tertiary/aromatic N) is 2. The lowest BCUT2D eigenvalue weighted by atomic mass is 10.2. The molecule has 1 aromatic carbocycles. The fourth-order valence-corrected chi connectivity index (χ4v) is 3.86. The molecular weight excluding hydrogens is 454 g/mol. The maximum Gasteiger partial charge on any atom is 0.257 e. The zero-order valence-corrected chi connectivity index (χ0v) is 17.6. The number of carbonyl (C=O) groups excluding carboxylic acids is 1. The van der Waals surface area contributed by atoms with Gasteiger partial charge in [0.2, 0.25) is 10.0 Å². The molecule has 8 nitrogen and oxygen atoms in total. The summed E-state index contributed by atoms with van der Waals surface area (Å²) in [5.74, 6) is -2.76. The van der Waals surface area contributed by atoms with Gasteiger partial charge in [-0.1, -0.05) is 11.6 Å². The molecular formula is C19H17ClF2N4O4S. The number of aliphatic hydroxyl groups excluding tert-OH is 1. The Morgan fingerprint density at radius 3 is 2.58 bits per heavy atom. The van der Waals surface area contributed by atoms with Gasteiger partial charge in [0.25, 0.3) is 5.91 Å². The fraction of sp³-hybridized carbons (Fsp3) is 0.158. The first kappa shape index (κ1) is 22.7. The van der Waals surface area contributed by atoms with Crippen LogP contribution in [0.15, 0.2) is 42.7 Å². The Bertz CT molecular complexity index is 1250. The quantitative estimate of drug-likeness (QED) is 0.491. The summed E-state index contributed by atoms with van der Waals surface area (Å²) in [6.07, 6.45) is 2.31. The van der Waals surface area contributed by atoms with E-state index in [-0.39, 0.29) is 33.3 Å². The number of pyridine rings is 1. The summed E-state index contributed by atoms with van der Waals surface area (Å²) < 4.78 is 54.5. The van der Waals surface area contributed by atoms with E-state index < -0.39 is 39.9 Å². The van der Waals surface area contributed by atoms with Crippen molar-refractivity contribution in [2.75, 3.05) is 22.4 Å². The van der Waals surface area contributed by atoms with Gasteiger partial charge in [0.15, 0.2) is 5.82 Å². The number of anilines is 2. The Morgan fingerprint density at radius 1 is 1.19 bits per heavy atom. The molecule has 12 heteroatoms. The van der Waals surface area contributed by atoms with Gasteiger partial charge >= 0.3 is 0 Å². The number of halogens is 3. The van der Waals surface area contributed by atoms with E-state index in [0.717, 1.165) is 6.20 Å². The average molecular weight is 471 g/mol. The number of aryl methyl sites for hydroxylation is 1. The van der Waals surface area contributed by atoms with Gasteiger partial charge in [-0.2, -0.15) is 0 Å². The first-order valence-electron chi connectivity index (χ1n) is 8.79. The van der Waals surface area contributed by atoms with Crippen molar-refractivity contribution in [2.45, 2.75) is 0 Å². The largest absolute Gasteiger partial charge is 0.395 e. The van der Waals surface area contributed by atoms with Gasteiger partial charge < -0.3 is 15.0 Å². The number of amides is 1. The number of rotatable bonds is 7. The minimum Gasteiger partial charge on any atom is -0.395 e. The molecule has 0 aliphatic carbocycles. The standard InChI is InChI=1S/C19H17ClF2N4O4S/c1-26-10-11(4-17(26)18-16(22)7-13(21)9-23-18)19(28)24-14-5-12(20)6-15(8-14)25-31(29,30)3-2-27/h4-10,25,27H,2-3H2,1H3,(H,24,28). The molecule has 31 heavy (non-hydrogen) atoms. The van der Waals surface area contributed by atoms with Crippen LogP contribution in [-0.2, 0) is 17.1 Å². The van der Waals surface area contributed by atoms with Crippen molar-refractivity contribution in [3.8, 4) is 11.4 Å². The van der Waals surface area contributed by atoms with Crippen LogP contribution in [0.1, 0.15) is 10.4 Å². The predicted octanol–water partition coefficient (Wildman–Crippen LogP) is 3.01. The van der Waals surface area contributed by atoms with Crippen molar-refractivity contribution in [1.82, 2.24) is 9.55 Å².